The highest BCUT2D eigenvalue weighted by Crippen LogP contribution is 2.41. The Morgan fingerprint density at radius 3 is 2.42 bits per heavy atom. The Morgan fingerprint density at radius 1 is 1.10 bits per heavy atom. The fourth-order valence-corrected chi connectivity index (χ4v) is 9.34. The van der Waals surface area contributed by atoms with Gasteiger partial charge in [0.1, 0.15) is 34.3 Å². The predicted molar refractivity (Wildman–Crippen MR) is 217 cm³/mol. The van der Waals surface area contributed by atoms with Gasteiger partial charge in [-0.25, -0.2) is 14.2 Å². The number of rotatable bonds is 8. The molecule has 2 bridgehead atoms. The van der Waals surface area contributed by atoms with Gasteiger partial charge in [-0.1, -0.05) is 32.9 Å². The number of esters is 1. The number of nitrogens with two attached hydrogens (primary N) is 1. The lowest BCUT2D eigenvalue weighted by atomic mass is 9.73. The number of aliphatic hydroxyl groups excluding tert-OH is 2. The van der Waals surface area contributed by atoms with Gasteiger partial charge in [0.05, 0.1) is 48.9 Å². The fourth-order valence-electron chi connectivity index (χ4n) is 8.64. The summed E-state index contributed by atoms with van der Waals surface area (Å²) in [6.45, 7) is 11.7. The number of nitrogens with zero attached hydrogens (tertiary/aromatic N) is 4. The zero-order chi connectivity index (χ0) is 43.6. The fraction of sp³-hybridized carbons (Fsp3) is 0.732. The third kappa shape index (κ3) is 10.3. The van der Waals surface area contributed by atoms with E-state index in [-0.39, 0.29) is 44.5 Å². The molecule has 0 saturated carbocycles. The second-order valence-electron chi connectivity index (χ2n) is 17.2. The third-order valence-corrected chi connectivity index (χ3v) is 13.0. The Bertz CT molecular complexity index is 1780. The van der Waals surface area contributed by atoms with E-state index in [0.717, 1.165) is 17.5 Å². The molecule has 18 heteroatoms. The Kier molecular flexibility index (Phi) is 14.9. The van der Waals surface area contributed by atoms with Crippen molar-refractivity contribution in [3.05, 3.63) is 29.4 Å². The first-order chi connectivity index (χ1) is 27.6. The number of alkyl halides is 1. The highest BCUT2D eigenvalue weighted by atomic mass is 32.1. The number of carbonyl (C=O) groups is 2. The summed E-state index contributed by atoms with van der Waals surface area (Å²) < 4.78 is 48.3. The van der Waals surface area contributed by atoms with Crippen LogP contribution < -0.4 is 5.73 Å². The van der Waals surface area contributed by atoms with E-state index in [0.29, 0.717) is 17.9 Å². The first-order valence-electron chi connectivity index (χ1n) is 20.2. The predicted octanol–water partition coefficient (Wildman–Crippen LogP) is 3.69. The molecule has 59 heavy (non-hydrogen) atoms. The average molecular weight is 852 g/mol. The molecule has 5 rings (SSSR count). The number of hydrogen-bond acceptors (Lipinski definition) is 17. The monoisotopic (exact) mass is 851 g/mol. The molecule has 3 fully saturated rings. The second kappa shape index (κ2) is 18.8. The Hall–Kier alpha value is -3.20. The smallest absolute Gasteiger partial charge is 0.351 e. The van der Waals surface area contributed by atoms with Crippen molar-refractivity contribution in [1.29, 1.82) is 0 Å². The molecule has 3 aliphatic heterocycles. The average Bonchev–Trinajstić information content (AvgIpc) is 3.62. The molecule has 0 spiro atoms. The van der Waals surface area contributed by atoms with Crippen LogP contribution in [-0.4, -0.2) is 141 Å². The summed E-state index contributed by atoms with van der Waals surface area (Å²) in [5.41, 5.74) is 0.575. The van der Waals surface area contributed by atoms with Crippen LogP contribution in [0.1, 0.15) is 80.3 Å². The molecule has 3 saturated heterocycles. The van der Waals surface area contributed by atoms with Crippen LogP contribution in [0.2, 0.25) is 0 Å². The number of halogens is 1. The number of Topliss-reactive ketones (excluding diaryl/α,β-unsaturated/α-hetero) is 1. The number of likely N-dealkylation sites (N-methyl/N-ethyl adjacent to an activating group) is 1. The molecule has 0 aliphatic carbocycles. The Morgan fingerprint density at radius 2 is 1.81 bits per heavy atom. The first-order valence-corrected chi connectivity index (χ1v) is 21.1. The van der Waals surface area contributed by atoms with Crippen LogP contribution in [0.25, 0.3) is 10.6 Å². The molecule has 5 N–H and O–H groups in total. The lowest BCUT2D eigenvalue weighted by molar-refractivity contribution is -0.297. The number of cyclic esters (lactones) is 1. The molecule has 0 radical (unpaired) electrons. The summed E-state index contributed by atoms with van der Waals surface area (Å²) in [6, 6.07) is 3.21. The number of nitrogen functional groups attached to an aromatic ring is 1. The Balaban J connectivity index is 1.59. The zero-order valence-corrected chi connectivity index (χ0v) is 36.5. The minimum Gasteiger partial charge on any atom is -0.457 e. The van der Waals surface area contributed by atoms with Gasteiger partial charge < -0.3 is 54.5 Å². The van der Waals surface area contributed by atoms with Crippen molar-refractivity contribution in [2.45, 2.75) is 147 Å². The highest BCUT2D eigenvalue weighted by Gasteiger charge is 2.57. The van der Waals surface area contributed by atoms with E-state index in [1.54, 1.807) is 45.3 Å². The maximum Gasteiger partial charge on any atom is 0.351 e. The summed E-state index contributed by atoms with van der Waals surface area (Å²) in [4.78, 5) is 44.4. The molecule has 3 aliphatic rings. The maximum atomic E-state index is 16.8. The molecule has 16 nitrogen and oxygen atoms in total. The van der Waals surface area contributed by atoms with Crippen molar-refractivity contribution in [1.82, 2.24) is 14.9 Å². The van der Waals surface area contributed by atoms with Gasteiger partial charge in [0.2, 0.25) is 0 Å². The lowest BCUT2D eigenvalue weighted by Gasteiger charge is -2.48. The topological polar surface area (TPSA) is 218 Å². The van der Waals surface area contributed by atoms with Gasteiger partial charge in [-0.3, -0.25) is 9.78 Å². The molecule has 2 aromatic rings. The maximum absolute atomic E-state index is 16.8. The van der Waals surface area contributed by atoms with Crippen LogP contribution in [-0.2, 0) is 44.7 Å². The van der Waals surface area contributed by atoms with Gasteiger partial charge in [-0.2, -0.15) is 0 Å². The van der Waals surface area contributed by atoms with E-state index in [4.69, 9.17) is 34.3 Å². The van der Waals surface area contributed by atoms with E-state index < -0.39 is 89.2 Å². The molecule has 5 heterocycles. The van der Waals surface area contributed by atoms with Crippen LogP contribution in [0.15, 0.2) is 28.9 Å². The van der Waals surface area contributed by atoms with Crippen LogP contribution >= 0.6 is 11.3 Å². The van der Waals surface area contributed by atoms with E-state index in [2.05, 4.69) is 15.1 Å². The van der Waals surface area contributed by atoms with Crippen molar-refractivity contribution in [3.63, 3.8) is 0 Å². The molecule has 330 valence electrons. The van der Waals surface area contributed by atoms with Crippen LogP contribution in [0.3, 0.4) is 0 Å². The summed E-state index contributed by atoms with van der Waals surface area (Å²) in [6.07, 6.45) is -5.80. The van der Waals surface area contributed by atoms with E-state index >= 15 is 4.39 Å². The number of thiazole rings is 1. The number of aromatic nitrogens is 2. The summed E-state index contributed by atoms with van der Waals surface area (Å²) in [7, 11) is 3.64. The normalized spacial score (nSPS) is 39.9. The number of oxime groups is 1. The van der Waals surface area contributed by atoms with Crippen LogP contribution in [0, 0.1) is 17.8 Å². The number of anilines is 1. The highest BCUT2D eigenvalue weighted by molar-refractivity contribution is 7.13. The molecular formula is C41H62FN5O11S. The number of hydrogen-bond donors (Lipinski definition) is 4. The first kappa shape index (κ1) is 46.9. The SMILES string of the molecule is CC[C@H]1OC(=O)[C@@](C)(F)C(=O)[C@H](C)[C@@H](O[C@H]2O[C@H](C)C[C@H](N(C)C)[C@H]2O)[C@@]2(C)C[C@@H](C)[C@H](O)[C@H](C)C(OC/C(=N\OCc3ccc(-c4nc(N)cs4)cn3)CO2)[C@]1(C)O. The lowest BCUT2D eigenvalue weighted by Crippen LogP contribution is -2.62. The largest absolute Gasteiger partial charge is 0.457 e. The van der Waals surface area contributed by atoms with Crippen molar-refractivity contribution in [3.8, 4) is 10.6 Å². The van der Waals surface area contributed by atoms with E-state index in [9.17, 15) is 24.9 Å². The van der Waals surface area contributed by atoms with Gasteiger partial charge in [0, 0.05) is 35.0 Å². The van der Waals surface area contributed by atoms with Crippen LogP contribution in [0.5, 0.6) is 0 Å². The van der Waals surface area contributed by atoms with Gasteiger partial charge >= 0.3 is 5.97 Å². The molecule has 0 amide bonds. The van der Waals surface area contributed by atoms with Gasteiger partial charge in [0.15, 0.2) is 18.7 Å². The minimum atomic E-state index is -3.20. The van der Waals surface area contributed by atoms with E-state index in [1.165, 1.54) is 25.2 Å². The standard InChI is InChI=1S/C41H62FN5O11S/c1-11-29-41(8,52)35-23(4)31(48)21(2)15-39(6,54-18-27(17-53-35)46-55-19-26-13-12-25(16-44-26)36-45-30(43)20-59-36)34(24(5)33(50)40(7,42)38(51)57-29)58-37-32(49)28(47(9)10)14-22(3)56-37/h12-13,16,20-24,28-29,31-32,34-35,37,48-49,52H,11,14-15,17-19,43H2,1-10H3/b46-27+/t21-,22-,23+,24+,28+,29-,31+,32-,34-,35?,37-,39-,40+,41-/m1/s1. The molecule has 0 aromatic carbocycles. The van der Waals surface area contributed by atoms with Gasteiger partial charge in [-0.05, 0) is 79.1 Å². The summed E-state index contributed by atoms with van der Waals surface area (Å²) in [5, 5.41) is 42.6. The van der Waals surface area contributed by atoms with Crippen molar-refractivity contribution >= 4 is 34.6 Å². The number of ketones is 1. The van der Waals surface area contributed by atoms with Gasteiger partial charge in [0.25, 0.3) is 5.67 Å². The van der Waals surface area contributed by atoms with Crippen LogP contribution in [0.4, 0.5) is 10.2 Å². The zero-order valence-electron chi connectivity index (χ0n) is 35.7. The van der Waals surface area contributed by atoms with Gasteiger partial charge in [-0.15, -0.1) is 11.3 Å². The summed E-state index contributed by atoms with van der Waals surface area (Å²) >= 11 is 1.40. The Labute approximate surface area is 349 Å². The number of ether oxygens (including phenoxy) is 5. The second-order valence-corrected chi connectivity index (χ2v) is 18.1. The number of aliphatic hydroxyl groups is 3. The van der Waals surface area contributed by atoms with Crippen molar-refractivity contribution < 1.29 is 57.8 Å². The van der Waals surface area contributed by atoms with Crippen molar-refractivity contribution in [2.24, 2.45) is 22.9 Å². The number of pyridine rings is 1. The van der Waals surface area contributed by atoms with Crippen molar-refractivity contribution in [2.75, 3.05) is 33.0 Å². The third-order valence-electron chi connectivity index (χ3n) is 12.0. The molecule has 14 atom stereocenters. The number of fused-ring (bicyclic) bond motifs is 5. The molecule has 2 aromatic heterocycles. The minimum absolute atomic E-state index is 0.0115. The summed E-state index contributed by atoms with van der Waals surface area (Å²) in [5.74, 6) is -5.09. The molecular weight excluding hydrogens is 790 g/mol. The van der Waals surface area contributed by atoms with E-state index in [1.807, 2.05) is 32.0 Å². The quantitative estimate of drug-likeness (QED) is 0.169. The molecule has 1 unspecified atom stereocenters. The number of carbonyl (C=O) groups excluding carboxylic acids is 2.